The van der Waals surface area contributed by atoms with Gasteiger partial charge in [-0.2, -0.15) is 0 Å². The monoisotopic (exact) mass is 393 g/mol. The van der Waals surface area contributed by atoms with Crippen molar-refractivity contribution in [3.8, 4) is 5.75 Å². The van der Waals surface area contributed by atoms with Crippen molar-refractivity contribution < 1.29 is 23.5 Å². The van der Waals surface area contributed by atoms with Gasteiger partial charge in [0.1, 0.15) is 11.6 Å². The zero-order valence-electron chi connectivity index (χ0n) is 15.1. The number of halogens is 2. The van der Waals surface area contributed by atoms with Crippen molar-refractivity contribution in [2.75, 3.05) is 13.2 Å². The number of carbonyl (C=O) groups excluding carboxylic acids is 2. The molecular formula is C20H21ClFNO4. The normalized spacial score (nSPS) is 11.0. The maximum atomic E-state index is 12.9. The van der Waals surface area contributed by atoms with Crippen LogP contribution in [0, 0.1) is 5.82 Å². The van der Waals surface area contributed by atoms with E-state index in [2.05, 4.69) is 5.32 Å². The molecule has 144 valence electrons. The molecule has 0 aliphatic rings. The van der Waals surface area contributed by atoms with Crippen LogP contribution in [0.25, 0.3) is 0 Å². The topological polar surface area (TPSA) is 64.6 Å². The van der Waals surface area contributed by atoms with Gasteiger partial charge >= 0.3 is 5.97 Å². The molecule has 0 saturated heterocycles. The average molecular weight is 394 g/mol. The predicted octanol–water partition coefficient (Wildman–Crippen LogP) is 3.54. The average Bonchev–Trinajstić information content (AvgIpc) is 2.63. The molecule has 0 atom stereocenters. The smallest absolute Gasteiger partial charge is 0.350 e. The molecule has 0 radical (unpaired) electrons. The quantitative estimate of drug-likeness (QED) is 0.697. The van der Waals surface area contributed by atoms with Gasteiger partial charge in [0.05, 0.1) is 0 Å². The number of ether oxygens (including phenoxy) is 2. The summed E-state index contributed by atoms with van der Waals surface area (Å²) < 4.78 is 23.4. The highest BCUT2D eigenvalue weighted by Crippen LogP contribution is 2.19. The van der Waals surface area contributed by atoms with Crippen LogP contribution in [0.5, 0.6) is 5.75 Å². The molecule has 2 rings (SSSR count). The molecule has 1 N–H and O–H groups in total. The highest BCUT2D eigenvalue weighted by Gasteiger charge is 2.32. The number of nitrogens with one attached hydrogen (secondary N) is 1. The van der Waals surface area contributed by atoms with Crippen molar-refractivity contribution in [2.45, 2.75) is 25.9 Å². The summed E-state index contributed by atoms with van der Waals surface area (Å²) in [7, 11) is 0. The second-order valence-electron chi connectivity index (χ2n) is 6.37. The number of hydrogen-bond donors (Lipinski definition) is 1. The standard InChI is InChI=1S/C20H21ClFNO4/c1-20(2,27-17-9-7-16(22)8-10-17)19(25)26-13-18(24)23-12-11-14-3-5-15(21)6-4-14/h3-10H,11-13H2,1-2H3,(H,23,24). The molecule has 5 nitrogen and oxygen atoms in total. The van der Waals surface area contributed by atoms with E-state index in [4.69, 9.17) is 21.1 Å². The Bertz CT molecular complexity index is 776. The molecular weight excluding hydrogens is 373 g/mol. The Labute approximate surface area is 162 Å². The second-order valence-corrected chi connectivity index (χ2v) is 6.81. The SMILES string of the molecule is CC(C)(Oc1ccc(F)cc1)C(=O)OCC(=O)NCCc1ccc(Cl)cc1. The highest BCUT2D eigenvalue weighted by atomic mass is 35.5. The van der Waals surface area contributed by atoms with E-state index >= 15 is 0 Å². The van der Waals surface area contributed by atoms with Crippen molar-refractivity contribution in [3.63, 3.8) is 0 Å². The number of rotatable bonds is 8. The molecule has 2 aromatic carbocycles. The van der Waals surface area contributed by atoms with E-state index in [0.29, 0.717) is 23.7 Å². The number of benzene rings is 2. The van der Waals surface area contributed by atoms with Crippen LogP contribution in [0.1, 0.15) is 19.4 Å². The Hall–Kier alpha value is -2.60. The van der Waals surface area contributed by atoms with Crippen molar-refractivity contribution in [3.05, 3.63) is 64.9 Å². The molecule has 2 aromatic rings. The predicted molar refractivity (Wildman–Crippen MR) is 100 cm³/mol. The van der Waals surface area contributed by atoms with Gasteiger partial charge in [0.25, 0.3) is 5.91 Å². The summed E-state index contributed by atoms with van der Waals surface area (Å²) in [6.45, 7) is 3.03. The van der Waals surface area contributed by atoms with Gasteiger partial charge in [0, 0.05) is 11.6 Å². The van der Waals surface area contributed by atoms with Crippen LogP contribution in [-0.2, 0) is 20.7 Å². The highest BCUT2D eigenvalue weighted by molar-refractivity contribution is 6.30. The molecule has 0 saturated carbocycles. The van der Waals surface area contributed by atoms with Crippen molar-refractivity contribution in [1.82, 2.24) is 5.32 Å². The first kappa shape index (κ1) is 20.7. The fraction of sp³-hybridized carbons (Fsp3) is 0.300. The fourth-order valence-corrected chi connectivity index (χ4v) is 2.32. The summed E-state index contributed by atoms with van der Waals surface area (Å²) in [5, 5.41) is 3.33. The lowest BCUT2D eigenvalue weighted by atomic mass is 10.1. The first-order chi connectivity index (χ1) is 12.8. The van der Waals surface area contributed by atoms with Gasteiger partial charge in [-0.05, 0) is 62.2 Å². The van der Waals surface area contributed by atoms with E-state index in [1.165, 1.54) is 38.1 Å². The third-order valence-corrected chi connectivity index (χ3v) is 3.91. The minimum Gasteiger partial charge on any atom is -0.476 e. The lowest BCUT2D eigenvalue weighted by Crippen LogP contribution is -2.41. The molecule has 0 unspecified atom stereocenters. The maximum Gasteiger partial charge on any atom is 0.350 e. The first-order valence-electron chi connectivity index (χ1n) is 8.39. The van der Waals surface area contributed by atoms with Crippen molar-refractivity contribution in [1.29, 1.82) is 0 Å². The molecule has 27 heavy (non-hydrogen) atoms. The molecule has 0 aromatic heterocycles. The van der Waals surface area contributed by atoms with Crippen LogP contribution >= 0.6 is 11.6 Å². The maximum absolute atomic E-state index is 12.9. The van der Waals surface area contributed by atoms with E-state index in [1.807, 2.05) is 12.1 Å². The third kappa shape index (κ3) is 6.90. The lowest BCUT2D eigenvalue weighted by Gasteiger charge is -2.24. The summed E-state index contributed by atoms with van der Waals surface area (Å²) in [5.41, 5.74) is -0.285. The van der Waals surface area contributed by atoms with Gasteiger partial charge in [0.2, 0.25) is 0 Å². The van der Waals surface area contributed by atoms with Gasteiger partial charge < -0.3 is 14.8 Å². The first-order valence-corrected chi connectivity index (χ1v) is 8.77. The molecule has 0 spiro atoms. The van der Waals surface area contributed by atoms with Crippen LogP contribution in [0.3, 0.4) is 0 Å². The third-order valence-electron chi connectivity index (χ3n) is 3.66. The molecule has 0 bridgehead atoms. The zero-order chi connectivity index (χ0) is 19.9. The van der Waals surface area contributed by atoms with Crippen molar-refractivity contribution in [2.24, 2.45) is 0 Å². The second kappa shape index (κ2) is 9.37. The van der Waals surface area contributed by atoms with E-state index in [0.717, 1.165) is 5.56 Å². The Kier molecular flexibility index (Phi) is 7.19. The summed E-state index contributed by atoms with van der Waals surface area (Å²) in [5.74, 6) is -1.18. The number of hydrogen-bond acceptors (Lipinski definition) is 4. The Balaban J connectivity index is 1.73. The number of carbonyl (C=O) groups is 2. The summed E-state index contributed by atoms with van der Waals surface area (Å²) in [6.07, 6.45) is 0.635. The van der Waals surface area contributed by atoms with E-state index < -0.39 is 29.9 Å². The van der Waals surface area contributed by atoms with Crippen LogP contribution in [0.4, 0.5) is 4.39 Å². The van der Waals surface area contributed by atoms with Crippen LogP contribution in [0.15, 0.2) is 48.5 Å². The molecule has 7 heteroatoms. The zero-order valence-corrected chi connectivity index (χ0v) is 15.9. The van der Waals surface area contributed by atoms with E-state index in [9.17, 15) is 14.0 Å². The lowest BCUT2D eigenvalue weighted by molar-refractivity contribution is -0.162. The minimum absolute atomic E-state index is 0.325. The van der Waals surface area contributed by atoms with Gasteiger partial charge in [-0.1, -0.05) is 23.7 Å². The number of amides is 1. The van der Waals surface area contributed by atoms with Crippen LogP contribution < -0.4 is 10.1 Å². The molecule has 0 heterocycles. The molecule has 0 aliphatic carbocycles. The van der Waals surface area contributed by atoms with Crippen LogP contribution in [-0.4, -0.2) is 30.6 Å². The van der Waals surface area contributed by atoms with Crippen molar-refractivity contribution >= 4 is 23.5 Å². The van der Waals surface area contributed by atoms with Gasteiger partial charge in [-0.3, -0.25) is 4.79 Å². The Morgan fingerprint density at radius 1 is 1.07 bits per heavy atom. The van der Waals surface area contributed by atoms with Gasteiger partial charge in [-0.25, -0.2) is 9.18 Å². The summed E-state index contributed by atoms with van der Waals surface area (Å²) >= 11 is 5.82. The minimum atomic E-state index is -1.32. The number of esters is 1. The molecule has 1 amide bonds. The summed E-state index contributed by atoms with van der Waals surface area (Å²) in [4.78, 5) is 24.0. The Morgan fingerprint density at radius 2 is 1.70 bits per heavy atom. The van der Waals surface area contributed by atoms with E-state index in [-0.39, 0.29) is 0 Å². The fourth-order valence-electron chi connectivity index (χ4n) is 2.19. The Morgan fingerprint density at radius 3 is 2.33 bits per heavy atom. The van der Waals surface area contributed by atoms with Crippen LogP contribution in [0.2, 0.25) is 5.02 Å². The molecule has 0 aliphatic heterocycles. The van der Waals surface area contributed by atoms with E-state index in [1.54, 1.807) is 12.1 Å². The van der Waals surface area contributed by atoms with Gasteiger partial charge in [-0.15, -0.1) is 0 Å². The molecule has 0 fully saturated rings. The van der Waals surface area contributed by atoms with Gasteiger partial charge in [0.15, 0.2) is 12.2 Å². The largest absolute Gasteiger partial charge is 0.476 e. The summed E-state index contributed by atoms with van der Waals surface area (Å²) in [6, 6.07) is 12.6.